The van der Waals surface area contributed by atoms with E-state index >= 15 is 0 Å². The van der Waals surface area contributed by atoms with E-state index in [1.54, 1.807) is 6.07 Å². The van der Waals surface area contributed by atoms with Gasteiger partial charge in [-0.2, -0.15) is 5.10 Å². The first-order valence-corrected chi connectivity index (χ1v) is 13.4. The van der Waals surface area contributed by atoms with Crippen molar-refractivity contribution >= 4 is 34.6 Å². The van der Waals surface area contributed by atoms with Crippen molar-refractivity contribution in [3.63, 3.8) is 0 Å². The predicted octanol–water partition coefficient (Wildman–Crippen LogP) is 6.12. The molecule has 0 saturated heterocycles. The molecule has 0 fully saturated rings. The average Bonchev–Trinajstić information content (AvgIpc) is 3.62. The quantitative estimate of drug-likeness (QED) is 0.229. The lowest BCUT2D eigenvalue weighted by molar-refractivity contribution is 0.174. The van der Waals surface area contributed by atoms with Crippen molar-refractivity contribution in [3.05, 3.63) is 108 Å². The molecule has 0 aliphatic carbocycles. The van der Waals surface area contributed by atoms with Crippen LogP contribution in [0.2, 0.25) is 0 Å². The number of para-hydroxylation sites is 3. The summed E-state index contributed by atoms with van der Waals surface area (Å²) < 4.78 is 12.9. The fourth-order valence-electron chi connectivity index (χ4n) is 5.68. The van der Waals surface area contributed by atoms with Gasteiger partial charge in [-0.15, -0.1) is 0 Å². The van der Waals surface area contributed by atoms with Crippen LogP contribution < -0.4 is 19.7 Å². The number of amidine groups is 2. The second kappa shape index (κ2) is 9.13. The van der Waals surface area contributed by atoms with Crippen LogP contribution in [-0.2, 0) is 0 Å². The van der Waals surface area contributed by atoms with Crippen LogP contribution in [0.15, 0.2) is 101 Å². The van der Waals surface area contributed by atoms with E-state index in [4.69, 9.17) is 24.6 Å². The number of fused-ring (bicyclic) bond motifs is 5. The first-order chi connectivity index (χ1) is 20.5. The fourth-order valence-corrected chi connectivity index (χ4v) is 5.68. The molecule has 0 bridgehead atoms. The second-order valence-corrected chi connectivity index (χ2v) is 10.2. The Kier molecular flexibility index (Phi) is 5.23. The van der Waals surface area contributed by atoms with Gasteiger partial charge in [0, 0.05) is 17.3 Å². The molecular formula is C32H24N6O4. The van der Waals surface area contributed by atoms with E-state index in [0.29, 0.717) is 29.0 Å². The minimum Gasteiger partial charge on any atom is -0.504 e. The maximum absolute atomic E-state index is 10.6. The average molecular weight is 557 g/mol. The third-order valence-electron chi connectivity index (χ3n) is 7.59. The number of aromatic hydroxyl groups is 2. The lowest BCUT2D eigenvalue weighted by Gasteiger charge is -2.40. The molecule has 3 aliphatic heterocycles. The third kappa shape index (κ3) is 3.69. The van der Waals surface area contributed by atoms with E-state index < -0.39 is 6.04 Å². The molecule has 0 spiro atoms. The van der Waals surface area contributed by atoms with Crippen molar-refractivity contribution in [2.24, 2.45) is 9.98 Å². The van der Waals surface area contributed by atoms with Crippen LogP contribution in [0.25, 0.3) is 5.69 Å². The number of ether oxygens (including phenoxy) is 2. The summed E-state index contributed by atoms with van der Waals surface area (Å²) in [4.78, 5) is 12.3. The van der Waals surface area contributed by atoms with Gasteiger partial charge in [-0.3, -0.25) is 0 Å². The Balaban J connectivity index is 1.37. The number of aryl methyl sites for hydroxylation is 1. The molecule has 5 aromatic rings. The number of benzene rings is 4. The van der Waals surface area contributed by atoms with Crippen molar-refractivity contribution < 1.29 is 19.7 Å². The predicted molar refractivity (Wildman–Crippen MR) is 159 cm³/mol. The summed E-state index contributed by atoms with van der Waals surface area (Å²) in [7, 11) is 0. The largest absolute Gasteiger partial charge is 0.504 e. The summed E-state index contributed by atoms with van der Waals surface area (Å²) in [6, 6.07) is 27.8. The van der Waals surface area contributed by atoms with Gasteiger partial charge < -0.3 is 29.9 Å². The van der Waals surface area contributed by atoms with Crippen molar-refractivity contribution in [2.45, 2.75) is 13.0 Å². The number of aliphatic imine (C=N–C) groups is 2. The summed E-state index contributed by atoms with van der Waals surface area (Å²) in [6.07, 6.45) is 0. The van der Waals surface area contributed by atoms with E-state index in [2.05, 4.69) is 10.2 Å². The van der Waals surface area contributed by atoms with Gasteiger partial charge in [0.15, 0.2) is 40.5 Å². The number of hydrogen-bond acceptors (Lipinski definition) is 9. The van der Waals surface area contributed by atoms with Gasteiger partial charge in [0.2, 0.25) is 6.79 Å². The minimum atomic E-state index is -0.443. The van der Waals surface area contributed by atoms with Crippen LogP contribution in [0.5, 0.6) is 23.0 Å². The molecule has 1 unspecified atom stereocenters. The number of aromatic nitrogens is 2. The molecule has 42 heavy (non-hydrogen) atoms. The number of anilines is 2. The number of hydrogen-bond donors (Lipinski definition) is 3. The number of rotatable bonds is 3. The summed E-state index contributed by atoms with van der Waals surface area (Å²) in [6.45, 7) is 2.14. The highest BCUT2D eigenvalue weighted by Gasteiger charge is 2.41. The number of nitrogens with one attached hydrogen (secondary N) is 1. The topological polar surface area (TPSA) is 117 Å². The fraction of sp³-hybridized carbons (Fsp3) is 0.0938. The van der Waals surface area contributed by atoms with E-state index in [1.165, 1.54) is 6.07 Å². The molecule has 4 aromatic carbocycles. The lowest BCUT2D eigenvalue weighted by atomic mass is 9.93. The molecule has 4 heterocycles. The maximum Gasteiger partial charge on any atom is 0.231 e. The van der Waals surface area contributed by atoms with Gasteiger partial charge in [-0.05, 0) is 61.0 Å². The van der Waals surface area contributed by atoms with Gasteiger partial charge in [-0.25, -0.2) is 14.7 Å². The van der Waals surface area contributed by atoms with Crippen LogP contribution in [0.3, 0.4) is 0 Å². The minimum absolute atomic E-state index is 0.181. The molecule has 0 amide bonds. The number of phenolic OH excluding ortho intramolecular Hbond substituents is 2. The molecule has 206 valence electrons. The number of nitrogens with zero attached hydrogens (tertiary/aromatic N) is 5. The van der Waals surface area contributed by atoms with E-state index in [1.807, 2.05) is 90.5 Å². The van der Waals surface area contributed by atoms with Gasteiger partial charge >= 0.3 is 0 Å². The highest BCUT2D eigenvalue weighted by molar-refractivity contribution is 6.51. The first-order valence-electron chi connectivity index (χ1n) is 13.4. The Morgan fingerprint density at radius 1 is 0.833 bits per heavy atom. The zero-order valence-electron chi connectivity index (χ0n) is 22.4. The van der Waals surface area contributed by atoms with Gasteiger partial charge in [0.25, 0.3) is 0 Å². The highest BCUT2D eigenvalue weighted by Crippen LogP contribution is 2.49. The van der Waals surface area contributed by atoms with E-state index in [9.17, 15) is 10.2 Å². The summed E-state index contributed by atoms with van der Waals surface area (Å²) >= 11 is 0. The van der Waals surface area contributed by atoms with Crippen LogP contribution in [0.4, 0.5) is 22.9 Å². The van der Waals surface area contributed by atoms with Gasteiger partial charge in [-0.1, -0.05) is 36.4 Å². The molecule has 1 aromatic heterocycles. The third-order valence-corrected chi connectivity index (χ3v) is 7.59. The Morgan fingerprint density at radius 3 is 2.50 bits per heavy atom. The monoisotopic (exact) mass is 556 g/mol. The molecule has 1 atom stereocenters. The molecule has 3 aliphatic rings. The van der Waals surface area contributed by atoms with Crippen molar-refractivity contribution in [1.82, 2.24) is 9.78 Å². The lowest BCUT2D eigenvalue weighted by Crippen LogP contribution is -2.46. The molecule has 10 heteroatoms. The van der Waals surface area contributed by atoms with Crippen molar-refractivity contribution in [2.75, 3.05) is 17.0 Å². The van der Waals surface area contributed by atoms with E-state index in [0.717, 1.165) is 39.6 Å². The van der Waals surface area contributed by atoms with Crippen molar-refractivity contribution in [1.29, 1.82) is 0 Å². The zero-order chi connectivity index (χ0) is 28.4. The maximum atomic E-state index is 10.6. The van der Waals surface area contributed by atoms with Crippen LogP contribution in [-0.4, -0.2) is 38.5 Å². The SMILES string of the molecule is Cc1nn(-c2ccccc2)c2c1C(c1ccc(O)c(O)c1)N1C(=N2)C(Nc2ccc3c(c2)OCO3)=Nc2ccccc21. The van der Waals surface area contributed by atoms with Crippen LogP contribution >= 0.6 is 0 Å². The molecular weight excluding hydrogens is 532 g/mol. The molecule has 8 rings (SSSR count). The Bertz CT molecular complexity index is 1950. The Hall–Kier alpha value is -5.77. The summed E-state index contributed by atoms with van der Waals surface area (Å²) in [5.41, 5.74) is 5.66. The van der Waals surface area contributed by atoms with Crippen molar-refractivity contribution in [3.8, 4) is 28.7 Å². The van der Waals surface area contributed by atoms with Crippen LogP contribution in [0, 0.1) is 6.92 Å². The second-order valence-electron chi connectivity index (χ2n) is 10.2. The molecule has 0 radical (unpaired) electrons. The highest BCUT2D eigenvalue weighted by atomic mass is 16.7. The standard InChI is InChI=1S/C32H24N6O4/c1-18-28-29(19-11-13-24(39)25(40)15-19)37-23-10-6-5-9-22(23)34-30(33-20-12-14-26-27(16-20)42-17-41-26)32(37)35-31(28)38(36-18)21-7-3-2-4-8-21/h2-16,29,39-40H,17H2,1H3,(H,33,34). The van der Waals surface area contributed by atoms with E-state index in [-0.39, 0.29) is 18.3 Å². The Morgan fingerprint density at radius 2 is 1.64 bits per heavy atom. The van der Waals surface area contributed by atoms with Crippen LogP contribution in [0.1, 0.15) is 22.9 Å². The van der Waals surface area contributed by atoms with Gasteiger partial charge in [0.05, 0.1) is 28.8 Å². The number of phenols is 2. The molecule has 0 saturated carbocycles. The molecule has 3 N–H and O–H groups in total. The van der Waals surface area contributed by atoms with Gasteiger partial charge in [0.1, 0.15) is 0 Å². The summed E-state index contributed by atoms with van der Waals surface area (Å²) in [5.74, 6) is 2.71. The Labute approximate surface area is 240 Å². The molecule has 10 nitrogen and oxygen atoms in total. The zero-order valence-corrected chi connectivity index (χ0v) is 22.4. The normalized spacial score (nSPS) is 16.2. The summed E-state index contributed by atoms with van der Waals surface area (Å²) in [5, 5.41) is 29.1. The smallest absolute Gasteiger partial charge is 0.231 e. The first kappa shape index (κ1) is 24.1.